The van der Waals surface area contributed by atoms with Crippen molar-refractivity contribution in [3.8, 4) is 5.69 Å². The Bertz CT molecular complexity index is 1660. The van der Waals surface area contributed by atoms with E-state index in [1.807, 2.05) is 0 Å². The van der Waals surface area contributed by atoms with E-state index in [1.165, 1.54) is 12.3 Å². The molecule has 0 bridgehead atoms. The van der Waals surface area contributed by atoms with Gasteiger partial charge in [-0.3, -0.25) is 9.59 Å². The van der Waals surface area contributed by atoms with E-state index in [9.17, 15) is 27.9 Å². The lowest BCUT2D eigenvalue weighted by atomic mass is 9.97. The molecule has 0 fully saturated rings. The fourth-order valence-electron chi connectivity index (χ4n) is 4.43. The molecule has 0 amide bonds. The van der Waals surface area contributed by atoms with Crippen LogP contribution in [0, 0.1) is 0 Å². The zero-order valence-corrected chi connectivity index (χ0v) is 20.4. The normalized spacial score (nSPS) is 12.4. The third kappa shape index (κ3) is 4.62. The number of benzene rings is 4. The van der Waals surface area contributed by atoms with Gasteiger partial charge in [0, 0.05) is 28.4 Å². The van der Waals surface area contributed by atoms with Crippen LogP contribution in [0.5, 0.6) is 0 Å². The van der Waals surface area contributed by atoms with Gasteiger partial charge in [-0.05, 0) is 35.9 Å². The number of rotatable bonds is 6. The number of aromatic nitrogens is 1. The number of nitrogens with zero attached hydrogens (tertiary/aromatic N) is 1. The highest BCUT2D eigenvalue weighted by atomic mass is 35.5. The SMILES string of the molecule is O=C(c1c(Cl)cccc1C(F)(F)F)c1cn(-c2ccc(C(O)C(=O)c3ccccc3)cc2)c2ccccc12. The molecule has 1 N–H and O–H groups in total. The number of fused-ring (bicyclic) bond motifs is 1. The van der Waals surface area contributed by atoms with Crippen LogP contribution in [0.25, 0.3) is 16.6 Å². The Kier molecular flexibility index (Phi) is 6.65. The Hall–Kier alpha value is -4.20. The van der Waals surface area contributed by atoms with Crippen molar-refractivity contribution in [3.63, 3.8) is 0 Å². The van der Waals surface area contributed by atoms with Crippen molar-refractivity contribution >= 4 is 34.1 Å². The van der Waals surface area contributed by atoms with E-state index in [0.29, 0.717) is 27.7 Å². The van der Waals surface area contributed by atoms with Crippen molar-refractivity contribution in [2.75, 3.05) is 0 Å². The minimum Gasteiger partial charge on any atom is -0.380 e. The third-order valence-corrected chi connectivity index (χ3v) is 6.61. The molecule has 1 unspecified atom stereocenters. The first-order valence-corrected chi connectivity index (χ1v) is 11.9. The van der Waals surface area contributed by atoms with Gasteiger partial charge in [0.15, 0.2) is 11.6 Å². The van der Waals surface area contributed by atoms with E-state index in [4.69, 9.17) is 11.6 Å². The zero-order valence-electron chi connectivity index (χ0n) is 19.6. The minimum atomic E-state index is -4.76. The zero-order chi connectivity index (χ0) is 27.0. The number of Topliss-reactive ketones (excluding diaryl/α,β-unsaturated/α-hetero) is 1. The molecule has 0 aliphatic carbocycles. The highest BCUT2D eigenvalue weighted by molar-refractivity contribution is 6.36. The highest BCUT2D eigenvalue weighted by Gasteiger charge is 2.37. The van der Waals surface area contributed by atoms with Crippen molar-refractivity contribution in [2.45, 2.75) is 12.3 Å². The Morgan fingerprint density at radius 1 is 0.816 bits per heavy atom. The smallest absolute Gasteiger partial charge is 0.380 e. The molecule has 0 saturated heterocycles. The van der Waals surface area contributed by atoms with Crippen molar-refractivity contribution in [1.29, 1.82) is 0 Å². The van der Waals surface area contributed by atoms with Crippen LogP contribution >= 0.6 is 11.6 Å². The van der Waals surface area contributed by atoms with Gasteiger partial charge in [-0.1, -0.05) is 78.3 Å². The number of hydrogen-bond acceptors (Lipinski definition) is 3. The molecule has 0 saturated carbocycles. The summed E-state index contributed by atoms with van der Waals surface area (Å²) in [4.78, 5) is 26.1. The largest absolute Gasteiger partial charge is 0.417 e. The van der Waals surface area contributed by atoms with E-state index in [1.54, 1.807) is 83.4 Å². The Morgan fingerprint density at radius 3 is 2.16 bits per heavy atom. The average molecular weight is 534 g/mol. The summed E-state index contributed by atoms with van der Waals surface area (Å²) in [6.45, 7) is 0. The number of carbonyl (C=O) groups is 2. The molecule has 1 heterocycles. The van der Waals surface area contributed by atoms with Crippen LogP contribution in [0.4, 0.5) is 13.2 Å². The number of halogens is 4. The van der Waals surface area contributed by atoms with Crippen LogP contribution in [0.2, 0.25) is 5.02 Å². The molecule has 0 spiro atoms. The maximum atomic E-state index is 13.7. The minimum absolute atomic E-state index is 0.0579. The molecule has 0 radical (unpaired) electrons. The maximum Gasteiger partial charge on any atom is 0.417 e. The number of alkyl halides is 3. The summed E-state index contributed by atoms with van der Waals surface area (Å²) >= 11 is 6.09. The maximum absolute atomic E-state index is 13.7. The van der Waals surface area contributed by atoms with E-state index >= 15 is 0 Å². The standard InChI is InChI=1S/C30H19ClF3NO3/c31-24-11-6-10-23(30(32,33)34)26(24)29(38)22-17-35(25-12-5-4-9-21(22)25)20-15-13-19(14-16-20)28(37)27(36)18-7-2-1-3-8-18/h1-17,28,37H. The number of aliphatic hydroxyl groups excluding tert-OH is 1. The van der Waals surface area contributed by atoms with Crippen LogP contribution in [0.3, 0.4) is 0 Å². The monoisotopic (exact) mass is 533 g/mol. The number of para-hydroxylation sites is 1. The molecular weight excluding hydrogens is 515 g/mol. The first-order valence-electron chi connectivity index (χ1n) is 11.5. The molecule has 1 atom stereocenters. The van der Waals surface area contributed by atoms with E-state index in [2.05, 4.69) is 0 Å². The van der Waals surface area contributed by atoms with Gasteiger partial charge in [-0.25, -0.2) is 0 Å². The predicted octanol–water partition coefficient (Wildman–Crippen LogP) is 7.45. The third-order valence-electron chi connectivity index (χ3n) is 6.30. The summed E-state index contributed by atoms with van der Waals surface area (Å²) in [5, 5.41) is 10.8. The van der Waals surface area contributed by atoms with Gasteiger partial charge in [-0.15, -0.1) is 0 Å². The second kappa shape index (κ2) is 9.93. The first-order chi connectivity index (χ1) is 18.2. The van der Waals surface area contributed by atoms with Gasteiger partial charge in [0.25, 0.3) is 0 Å². The fourth-order valence-corrected chi connectivity index (χ4v) is 4.69. The molecule has 38 heavy (non-hydrogen) atoms. The lowest BCUT2D eigenvalue weighted by Crippen LogP contribution is -2.14. The Labute approximate surface area is 220 Å². The van der Waals surface area contributed by atoms with Crippen LogP contribution in [0.1, 0.15) is 43.5 Å². The molecule has 4 aromatic carbocycles. The topological polar surface area (TPSA) is 59.3 Å². The summed E-state index contributed by atoms with van der Waals surface area (Å²) in [6.07, 6.45) is -4.66. The van der Waals surface area contributed by atoms with Gasteiger partial charge in [0.1, 0.15) is 6.10 Å². The lowest BCUT2D eigenvalue weighted by molar-refractivity contribution is -0.137. The van der Waals surface area contributed by atoms with Crippen LogP contribution in [0.15, 0.2) is 103 Å². The lowest BCUT2D eigenvalue weighted by Gasteiger charge is -2.13. The number of aliphatic hydroxyl groups is 1. The highest BCUT2D eigenvalue weighted by Crippen LogP contribution is 2.37. The van der Waals surface area contributed by atoms with Crippen LogP contribution in [-0.2, 0) is 6.18 Å². The summed E-state index contributed by atoms with van der Waals surface area (Å²) in [5.41, 5.74) is 0.268. The summed E-state index contributed by atoms with van der Waals surface area (Å²) in [6, 6.07) is 25.0. The summed E-state index contributed by atoms with van der Waals surface area (Å²) in [7, 11) is 0. The van der Waals surface area contributed by atoms with E-state index in [-0.39, 0.29) is 10.6 Å². The van der Waals surface area contributed by atoms with Gasteiger partial charge >= 0.3 is 6.18 Å². The number of hydrogen-bond donors (Lipinski definition) is 1. The van der Waals surface area contributed by atoms with Crippen LogP contribution in [-0.4, -0.2) is 21.2 Å². The number of carbonyl (C=O) groups excluding carboxylic acids is 2. The average Bonchev–Trinajstić information content (AvgIpc) is 3.31. The van der Waals surface area contributed by atoms with E-state index < -0.39 is 35.0 Å². The van der Waals surface area contributed by atoms with Crippen molar-refractivity contribution in [3.05, 3.63) is 136 Å². The van der Waals surface area contributed by atoms with Crippen molar-refractivity contribution in [2.24, 2.45) is 0 Å². The fraction of sp³-hybridized carbons (Fsp3) is 0.0667. The summed E-state index contributed by atoms with van der Waals surface area (Å²) in [5.74, 6) is -1.30. The van der Waals surface area contributed by atoms with Crippen LogP contribution < -0.4 is 0 Å². The summed E-state index contributed by atoms with van der Waals surface area (Å²) < 4.78 is 42.8. The molecule has 1 aromatic heterocycles. The van der Waals surface area contributed by atoms with Crippen molar-refractivity contribution < 1.29 is 27.9 Å². The molecule has 0 aliphatic rings. The predicted molar refractivity (Wildman–Crippen MR) is 139 cm³/mol. The molecule has 5 rings (SSSR count). The first kappa shape index (κ1) is 25.4. The van der Waals surface area contributed by atoms with Gasteiger partial charge in [0.05, 0.1) is 21.7 Å². The van der Waals surface area contributed by atoms with E-state index in [0.717, 1.165) is 12.1 Å². The Balaban J connectivity index is 1.55. The number of ketones is 2. The quantitative estimate of drug-likeness (QED) is 0.231. The van der Waals surface area contributed by atoms with Gasteiger partial charge in [-0.2, -0.15) is 13.2 Å². The molecule has 0 aliphatic heterocycles. The van der Waals surface area contributed by atoms with Gasteiger partial charge < -0.3 is 9.67 Å². The second-order valence-corrected chi connectivity index (χ2v) is 9.05. The molecule has 8 heteroatoms. The molecular formula is C30H19ClF3NO3. The second-order valence-electron chi connectivity index (χ2n) is 8.64. The van der Waals surface area contributed by atoms with Gasteiger partial charge in [0.2, 0.25) is 0 Å². The molecule has 5 aromatic rings. The molecule has 4 nitrogen and oxygen atoms in total. The van der Waals surface area contributed by atoms with Crippen molar-refractivity contribution in [1.82, 2.24) is 4.57 Å². The molecule has 190 valence electrons. The Morgan fingerprint density at radius 2 is 1.47 bits per heavy atom.